The van der Waals surface area contributed by atoms with Crippen molar-refractivity contribution in [1.82, 2.24) is 25.5 Å². The first-order valence-electron chi connectivity index (χ1n) is 6.38. The molecule has 0 bridgehead atoms. The van der Waals surface area contributed by atoms with Crippen molar-refractivity contribution in [1.29, 1.82) is 0 Å². The molecule has 0 spiro atoms. The van der Waals surface area contributed by atoms with E-state index in [2.05, 4.69) is 20.8 Å². The second-order valence-electron chi connectivity index (χ2n) is 4.87. The molecule has 3 rings (SSSR count). The van der Waals surface area contributed by atoms with E-state index in [1.165, 1.54) is 11.0 Å². The molecule has 110 valence electrons. The number of nitrogens with one attached hydrogen (secondary N) is 1. The summed E-state index contributed by atoms with van der Waals surface area (Å²) < 4.78 is 24.2. The van der Waals surface area contributed by atoms with Crippen molar-refractivity contribution in [3.05, 3.63) is 36.2 Å². The Bertz CT molecular complexity index is 740. The molecular formula is C12H13N5O3S. The summed E-state index contributed by atoms with van der Waals surface area (Å²) >= 11 is 0. The molecule has 2 heterocycles. The molecule has 1 amide bonds. The standard InChI is InChI=1S/C12H13N5O3S/c18-12(14-10-5-6-21(19,20)7-10)9-1-3-11(4-2-9)17-8-13-15-16-17/h1-4,8,10H,5-7H2,(H,14,18)/t10-/m1/s1. The minimum absolute atomic E-state index is 0.0153. The lowest BCUT2D eigenvalue weighted by atomic mass is 10.1. The Kier molecular flexibility index (Phi) is 3.42. The molecule has 8 nitrogen and oxygen atoms in total. The van der Waals surface area contributed by atoms with Crippen LogP contribution in [0.15, 0.2) is 30.6 Å². The zero-order valence-corrected chi connectivity index (χ0v) is 11.8. The van der Waals surface area contributed by atoms with Crippen molar-refractivity contribution in [3.63, 3.8) is 0 Å². The number of aromatic nitrogens is 4. The van der Waals surface area contributed by atoms with Crippen LogP contribution in [0.1, 0.15) is 16.8 Å². The van der Waals surface area contributed by atoms with Gasteiger partial charge in [0.05, 0.1) is 17.2 Å². The molecule has 0 saturated carbocycles. The fourth-order valence-electron chi connectivity index (χ4n) is 2.22. The fraction of sp³-hybridized carbons (Fsp3) is 0.333. The predicted octanol–water partition coefficient (Wildman–Crippen LogP) is -0.421. The van der Waals surface area contributed by atoms with E-state index < -0.39 is 9.84 Å². The minimum atomic E-state index is -3.00. The molecule has 1 N–H and O–H groups in total. The largest absolute Gasteiger partial charge is 0.348 e. The highest BCUT2D eigenvalue weighted by Gasteiger charge is 2.29. The Hall–Kier alpha value is -2.29. The van der Waals surface area contributed by atoms with Crippen LogP contribution in [-0.4, -0.2) is 52.1 Å². The first-order chi connectivity index (χ1) is 10.0. The maximum absolute atomic E-state index is 12.1. The Morgan fingerprint density at radius 3 is 2.62 bits per heavy atom. The number of tetrazole rings is 1. The van der Waals surface area contributed by atoms with Gasteiger partial charge in [0, 0.05) is 11.6 Å². The van der Waals surface area contributed by atoms with Crippen LogP contribution in [0.4, 0.5) is 0 Å². The molecule has 1 aromatic heterocycles. The first-order valence-corrected chi connectivity index (χ1v) is 8.20. The van der Waals surface area contributed by atoms with Gasteiger partial charge in [-0.05, 0) is 41.1 Å². The molecule has 1 aliphatic heterocycles. The van der Waals surface area contributed by atoms with Gasteiger partial charge in [-0.25, -0.2) is 13.1 Å². The maximum Gasteiger partial charge on any atom is 0.251 e. The van der Waals surface area contributed by atoms with Gasteiger partial charge in [0.1, 0.15) is 6.33 Å². The van der Waals surface area contributed by atoms with E-state index in [-0.39, 0.29) is 23.5 Å². The summed E-state index contributed by atoms with van der Waals surface area (Å²) in [5, 5.41) is 13.6. The van der Waals surface area contributed by atoms with Gasteiger partial charge < -0.3 is 5.32 Å². The van der Waals surface area contributed by atoms with Crippen molar-refractivity contribution in [3.8, 4) is 5.69 Å². The number of carbonyl (C=O) groups excluding carboxylic acids is 1. The van der Waals surface area contributed by atoms with Crippen molar-refractivity contribution >= 4 is 15.7 Å². The fourth-order valence-corrected chi connectivity index (χ4v) is 3.90. The molecule has 9 heteroatoms. The average Bonchev–Trinajstić information content (AvgIpc) is 3.09. The second-order valence-corrected chi connectivity index (χ2v) is 7.10. The minimum Gasteiger partial charge on any atom is -0.348 e. The highest BCUT2D eigenvalue weighted by Crippen LogP contribution is 2.13. The van der Waals surface area contributed by atoms with Crippen molar-refractivity contribution in [2.75, 3.05) is 11.5 Å². The van der Waals surface area contributed by atoms with Crippen LogP contribution >= 0.6 is 0 Å². The number of hydrogen-bond acceptors (Lipinski definition) is 6. The molecule has 0 unspecified atom stereocenters. The number of sulfone groups is 1. The van der Waals surface area contributed by atoms with Crippen LogP contribution in [0.2, 0.25) is 0 Å². The van der Waals surface area contributed by atoms with Gasteiger partial charge in [-0.2, -0.15) is 0 Å². The summed E-state index contributed by atoms with van der Waals surface area (Å²) in [6, 6.07) is 6.43. The van der Waals surface area contributed by atoms with Gasteiger partial charge in [0.25, 0.3) is 5.91 Å². The maximum atomic E-state index is 12.1. The molecule has 1 fully saturated rings. The molecule has 1 atom stereocenters. The van der Waals surface area contributed by atoms with Crippen LogP contribution < -0.4 is 5.32 Å². The van der Waals surface area contributed by atoms with Gasteiger partial charge >= 0.3 is 0 Å². The van der Waals surface area contributed by atoms with E-state index in [9.17, 15) is 13.2 Å². The number of nitrogens with zero attached hydrogens (tertiary/aromatic N) is 4. The summed E-state index contributed by atoms with van der Waals surface area (Å²) in [6.07, 6.45) is 1.93. The van der Waals surface area contributed by atoms with E-state index in [0.717, 1.165) is 5.69 Å². The summed E-state index contributed by atoms with van der Waals surface area (Å²) in [5.74, 6) is -0.127. The highest BCUT2D eigenvalue weighted by atomic mass is 32.2. The molecule has 2 aromatic rings. The Balaban J connectivity index is 1.68. The van der Waals surface area contributed by atoms with E-state index in [1.54, 1.807) is 24.3 Å². The monoisotopic (exact) mass is 307 g/mol. The summed E-state index contributed by atoms with van der Waals surface area (Å²) in [5.41, 5.74) is 1.20. The predicted molar refractivity (Wildman–Crippen MR) is 73.7 cm³/mol. The van der Waals surface area contributed by atoms with E-state index >= 15 is 0 Å². The molecule has 0 aliphatic carbocycles. The third-order valence-corrected chi connectivity index (χ3v) is 5.08. The normalized spacial score (nSPS) is 20.3. The van der Waals surface area contributed by atoms with Crippen LogP contribution in [0.25, 0.3) is 5.69 Å². The molecule has 21 heavy (non-hydrogen) atoms. The first kappa shape index (κ1) is 13.7. The quantitative estimate of drug-likeness (QED) is 0.825. The lowest BCUT2D eigenvalue weighted by molar-refractivity contribution is 0.0941. The zero-order valence-electron chi connectivity index (χ0n) is 11.0. The lowest BCUT2D eigenvalue weighted by Crippen LogP contribution is -2.35. The molecule has 1 aliphatic rings. The van der Waals surface area contributed by atoms with Gasteiger partial charge in [0.2, 0.25) is 0 Å². The Morgan fingerprint density at radius 1 is 1.29 bits per heavy atom. The highest BCUT2D eigenvalue weighted by molar-refractivity contribution is 7.91. The zero-order chi connectivity index (χ0) is 14.9. The smallest absolute Gasteiger partial charge is 0.251 e. The van der Waals surface area contributed by atoms with Crippen LogP contribution in [0.3, 0.4) is 0 Å². The summed E-state index contributed by atoms with van der Waals surface area (Å²) in [4.78, 5) is 12.1. The van der Waals surface area contributed by atoms with Crippen LogP contribution in [0.5, 0.6) is 0 Å². The molecule has 0 radical (unpaired) electrons. The van der Waals surface area contributed by atoms with Crippen LogP contribution in [0, 0.1) is 0 Å². The van der Waals surface area contributed by atoms with E-state index in [0.29, 0.717) is 12.0 Å². The number of hydrogen-bond donors (Lipinski definition) is 1. The summed E-state index contributed by atoms with van der Waals surface area (Å²) in [7, 11) is -3.00. The third kappa shape index (κ3) is 3.07. The van der Waals surface area contributed by atoms with Crippen molar-refractivity contribution in [2.45, 2.75) is 12.5 Å². The Morgan fingerprint density at radius 2 is 2.05 bits per heavy atom. The lowest BCUT2D eigenvalue weighted by Gasteiger charge is -2.11. The number of rotatable bonds is 3. The van der Waals surface area contributed by atoms with Gasteiger partial charge in [-0.1, -0.05) is 0 Å². The van der Waals surface area contributed by atoms with E-state index in [1.807, 2.05) is 0 Å². The average molecular weight is 307 g/mol. The second kappa shape index (κ2) is 5.24. The van der Waals surface area contributed by atoms with E-state index in [4.69, 9.17) is 0 Å². The third-order valence-electron chi connectivity index (χ3n) is 3.31. The van der Waals surface area contributed by atoms with Gasteiger partial charge in [-0.15, -0.1) is 5.10 Å². The van der Waals surface area contributed by atoms with Gasteiger partial charge in [0.15, 0.2) is 9.84 Å². The molecular weight excluding hydrogens is 294 g/mol. The van der Waals surface area contributed by atoms with Crippen molar-refractivity contribution < 1.29 is 13.2 Å². The van der Waals surface area contributed by atoms with Crippen molar-refractivity contribution in [2.24, 2.45) is 0 Å². The van der Waals surface area contributed by atoms with Gasteiger partial charge in [-0.3, -0.25) is 4.79 Å². The molecule has 1 saturated heterocycles. The number of benzene rings is 1. The summed E-state index contributed by atoms with van der Waals surface area (Å²) in [6.45, 7) is 0. The molecule has 1 aromatic carbocycles. The Labute approximate surface area is 121 Å². The number of amides is 1. The SMILES string of the molecule is O=C(N[C@@H]1CCS(=O)(=O)C1)c1ccc(-n2cnnn2)cc1. The topological polar surface area (TPSA) is 107 Å². The number of carbonyl (C=O) groups is 1. The van der Waals surface area contributed by atoms with Crippen LogP contribution in [-0.2, 0) is 9.84 Å².